The summed E-state index contributed by atoms with van der Waals surface area (Å²) in [5.74, 6) is -0.124. The maximum Gasteiger partial charge on any atom is 0.261 e. The monoisotopic (exact) mass is 496 g/mol. The third kappa shape index (κ3) is 6.77. The predicted molar refractivity (Wildman–Crippen MR) is 128 cm³/mol. The smallest absolute Gasteiger partial charge is 0.261 e. The van der Waals surface area contributed by atoms with Gasteiger partial charge in [-0.05, 0) is 49.6 Å². The van der Waals surface area contributed by atoms with E-state index in [1.165, 1.54) is 11.3 Å². The average molecular weight is 498 g/mol. The van der Waals surface area contributed by atoms with Gasteiger partial charge in [-0.1, -0.05) is 72.3 Å². The SMILES string of the molecule is C[C@@H](C(=O)NC1CCCCC1)N(Cc1ccc(Cl)cc1Cl)C(=O)COc1ccccc1Cl. The molecule has 1 aliphatic carbocycles. The lowest BCUT2D eigenvalue weighted by atomic mass is 9.95. The fraction of sp³-hybridized carbons (Fsp3) is 0.417. The predicted octanol–water partition coefficient (Wildman–Crippen LogP) is 5.89. The van der Waals surface area contributed by atoms with Gasteiger partial charge in [0.25, 0.3) is 5.91 Å². The number of para-hydroxylation sites is 1. The molecule has 0 saturated heterocycles. The number of rotatable bonds is 8. The van der Waals surface area contributed by atoms with Crippen LogP contribution in [0.5, 0.6) is 5.75 Å². The van der Waals surface area contributed by atoms with Gasteiger partial charge in [0.05, 0.1) is 5.02 Å². The standard InChI is InChI=1S/C24H27Cl3N2O3/c1-16(24(31)28-19-7-3-2-4-8-19)29(14-17-11-12-18(25)13-21(17)27)23(30)15-32-22-10-6-5-9-20(22)26/h5-6,9-13,16,19H,2-4,7-8,14-15H2,1H3,(H,28,31)/t16-/m0/s1. The van der Waals surface area contributed by atoms with E-state index < -0.39 is 6.04 Å². The molecule has 1 aliphatic rings. The second-order valence-corrected chi connectivity index (χ2v) is 9.25. The summed E-state index contributed by atoms with van der Waals surface area (Å²) in [4.78, 5) is 27.6. The number of amides is 2. The molecule has 3 rings (SSSR count). The number of carbonyl (C=O) groups is 2. The lowest BCUT2D eigenvalue weighted by molar-refractivity contribution is -0.142. The molecule has 1 fully saturated rings. The third-order valence-corrected chi connectivity index (χ3v) is 6.56. The van der Waals surface area contributed by atoms with E-state index in [1.807, 2.05) is 0 Å². The molecule has 0 aromatic heterocycles. The maximum absolute atomic E-state index is 13.2. The molecule has 2 aromatic carbocycles. The Morgan fingerprint density at radius 1 is 1.06 bits per heavy atom. The van der Waals surface area contributed by atoms with Crippen molar-refractivity contribution in [1.82, 2.24) is 10.2 Å². The van der Waals surface area contributed by atoms with Gasteiger partial charge in [-0.3, -0.25) is 9.59 Å². The van der Waals surface area contributed by atoms with Crippen molar-refractivity contribution in [1.29, 1.82) is 0 Å². The van der Waals surface area contributed by atoms with E-state index in [1.54, 1.807) is 49.4 Å². The summed E-state index contributed by atoms with van der Waals surface area (Å²) in [6.07, 6.45) is 5.33. The molecule has 5 nitrogen and oxygen atoms in total. The van der Waals surface area contributed by atoms with Gasteiger partial charge in [0.1, 0.15) is 11.8 Å². The fourth-order valence-corrected chi connectivity index (χ4v) is 4.43. The highest BCUT2D eigenvalue weighted by atomic mass is 35.5. The first kappa shape index (κ1) is 24.7. The zero-order valence-electron chi connectivity index (χ0n) is 18.0. The highest BCUT2D eigenvalue weighted by molar-refractivity contribution is 6.35. The quantitative estimate of drug-likeness (QED) is 0.494. The van der Waals surface area contributed by atoms with Gasteiger partial charge in [0, 0.05) is 22.6 Å². The van der Waals surface area contributed by atoms with E-state index in [2.05, 4.69) is 5.32 Å². The van der Waals surface area contributed by atoms with Crippen LogP contribution in [0.15, 0.2) is 42.5 Å². The van der Waals surface area contributed by atoms with Crippen LogP contribution in [0.1, 0.15) is 44.6 Å². The minimum absolute atomic E-state index is 0.147. The molecule has 0 unspecified atom stereocenters. The van der Waals surface area contributed by atoms with Crippen molar-refractivity contribution in [2.45, 2.75) is 57.7 Å². The molecule has 0 radical (unpaired) electrons. The van der Waals surface area contributed by atoms with Gasteiger partial charge >= 0.3 is 0 Å². The Morgan fingerprint density at radius 3 is 2.47 bits per heavy atom. The lowest BCUT2D eigenvalue weighted by Gasteiger charge is -2.31. The minimum atomic E-state index is -0.703. The van der Waals surface area contributed by atoms with Gasteiger partial charge < -0.3 is 15.0 Å². The Balaban J connectivity index is 1.75. The molecule has 2 aromatic rings. The summed E-state index contributed by atoms with van der Waals surface area (Å²) in [6.45, 7) is 1.62. The maximum atomic E-state index is 13.2. The molecule has 0 spiro atoms. The second kappa shape index (κ2) is 11.8. The molecule has 1 atom stereocenters. The Kier molecular flexibility index (Phi) is 9.09. The number of nitrogens with zero attached hydrogens (tertiary/aromatic N) is 1. The highest BCUT2D eigenvalue weighted by Crippen LogP contribution is 2.25. The van der Waals surface area contributed by atoms with E-state index in [9.17, 15) is 9.59 Å². The summed E-state index contributed by atoms with van der Waals surface area (Å²) in [5.41, 5.74) is 0.694. The van der Waals surface area contributed by atoms with Gasteiger partial charge in [0.2, 0.25) is 5.91 Å². The normalized spacial score (nSPS) is 15.1. The van der Waals surface area contributed by atoms with E-state index in [0.29, 0.717) is 26.4 Å². The van der Waals surface area contributed by atoms with E-state index in [0.717, 1.165) is 25.7 Å². The fourth-order valence-electron chi connectivity index (χ4n) is 3.77. The number of hydrogen-bond donors (Lipinski definition) is 1. The molecule has 32 heavy (non-hydrogen) atoms. The number of carbonyl (C=O) groups excluding carboxylic acids is 2. The average Bonchev–Trinajstić information content (AvgIpc) is 2.78. The molecule has 0 bridgehead atoms. The summed E-state index contributed by atoms with van der Waals surface area (Å²) in [6, 6.07) is 11.5. The van der Waals surface area contributed by atoms with Crippen LogP contribution in [-0.2, 0) is 16.1 Å². The first-order valence-electron chi connectivity index (χ1n) is 10.8. The number of halogens is 3. The van der Waals surface area contributed by atoms with Crippen LogP contribution in [0, 0.1) is 0 Å². The second-order valence-electron chi connectivity index (χ2n) is 8.00. The third-order valence-electron chi connectivity index (χ3n) is 5.66. The molecular formula is C24H27Cl3N2O3. The van der Waals surface area contributed by atoms with Crippen LogP contribution in [0.2, 0.25) is 15.1 Å². The van der Waals surface area contributed by atoms with Crippen molar-refractivity contribution in [3.8, 4) is 5.75 Å². The number of hydrogen-bond acceptors (Lipinski definition) is 3. The van der Waals surface area contributed by atoms with Crippen LogP contribution in [0.25, 0.3) is 0 Å². The Morgan fingerprint density at radius 2 is 1.78 bits per heavy atom. The molecule has 8 heteroatoms. The van der Waals surface area contributed by atoms with Crippen LogP contribution < -0.4 is 10.1 Å². The van der Waals surface area contributed by atoms with E-state index in [-0.39, 0.29) is 31.0 Å². The van der Waals surface area contributed by atoms with Crippen LogP contribution in [0.3, 0.4) is 0 Å². The molecule has 1 N–H and O–H groups in total. The van der Waals surface area contributed by atoms with Gasteiger partial charge in [-0.25, -0.2) is 0 Å². The summed E-state index contributed by atoms with van der Waals surface area (Å²) < 4.78 is 5.64. The van der Waals surface area contributed by atoms with Crippen molar-refractivity contribution in [3.05, 3.63) is 63.1 Å². The Hall–Kier alpha value is -1.95. The minimum Gasteiger partial charge on any atom is -0.482 e. The highest BCUT2D eigenvalue weighted by Gasteiger charge is 2.29. The molecule has 172 valence electrons. The van der Waals surface area contributed by atoms with Crippen molar-refractivity contribution < 1.29 is 14.3 Å². The molecule has 0 aliphatic heterocycles. The topological polar surface area (TPSA) is 58.6 Å². The first-order valence-corrected chi connectivity index (χ1v) is 11.9. The molecule has 2 amide bonds. The molecule has 0 heterocycles. The van der Waals surface area contributed by atoms with Gasteiger partial charge in [-0.2, -0.15) is 0 Å². The van der Waals surface area contributed by atoms with Crippen LogP contribution >= 0.6 is 34.8 Å². The summed E-state index contributed by atoms with van der Waals surface area (Å²) in [7, 11) is 0. The van der Waals surface area contributed by atoms with Gasteiger partial charge in [0.15, 0.2) is 6.61 Å². The zero-order valence-corrected chi connectivity index (χ0v) is 20.2. The number of ether oxygens (including phenoxy) is 1. The molecular weight excluding hydrogens is 471 g/mol. The van der Waals surface area contributed by atoms with Crippen molar-refractivity contribution in [3.63, 3.8) is 0 Å². The number of benzene rings is 2. The van der Waals surface area contributed by atoms with Crippen molar-refractivity contribution in [2.24, 2.45) is 0 Å². The number of nitrogens with one attached hydrogen (secondary N) is 1. The van der Waals surface area contributed by atoms with Crippen LogP contribution in [-0.4, -0.2) is 35.4 Å². The largest absolute Gasteiger partial charge is 0.482 e. The zero-order chi connectivity index (χ0) is 23.1. The van der Waals surface area contributed by atoms with Gasteiger partial charge in [-0.15, -0.1) is 0 Å². The molecule has 1 saturated carbocycles. The Labute approximate surface area is 204 Å². The van der Waals surface area contributed by atoms with Crippen molar-refractivity contribution in [2.75, 3.05) is 6.61 Å². The summed E-state index contributed by atoms with van der Waals surface area (Å²) >= 11 is 18.5. The van der Waals surface area contributed by atoms with E-state index >= 15 is 0 Å². The Bertz CT molecular complexity index is 948. The van der Waals surface area contributed by atoms with E-state index in [4.69, 9.17) is 39.5 Å². The van der Waals surface area contributed by atoms with Crippen molar-refractivity contribution >= 4 is 46.6 Å². The first-order chi connectivity index (χ1) is 15.3. The van der Waals surface area contributed by atoms with Crippen LogP contribution in [0.4, 0.5) is 0 Å². The summed E-state index contributed by atoms with van der Waals surface area (Å²) in [5, 5.41) is 4.44. The lowest BCUT2D eigenvalue weighted by Crippen LogP contribution is -2.51.